The normalized spacial score (nSPS) is 15.9. The second-order valence-corrected chi connectivity index (χ2v) is 10.2. The number of anilines is 1. The minimum Gasteiger partial charge on any atom is -0.388 e. The Bertz CT molecular complexity index is 1140. The second kappa shape index (κ2) is 9.69. The third kappa shape index (κ3) is 5.21. The van der Waals surface area contributed by atoms with E-state index in [9.17, 15) is 14.3 Å². The molecule has 1 aliphatic carbocycles. The highest BCUT2D eigenvalue weighted by molar-refractivity contribution is 7.15. The zero-order valence-electron chi connectivity index (χ0n) is 19.1. The van der Waals surface area contributed by atoms with E-state index in [1.165, 1.54) is 31.3 Å². The van der Waals surface area contributed by atoms with Crippen LogP contribution < -0.4 is 16.4 Å². The van der Waals surface area contributed by atoms with Crippen LogP contribution in [0.1, 0.15) is 43.7 Å². The molecule has 0 spiro atoms. The molecule has 1 unspecified atom stereocenters. The Morgan fingerprint density at radius 3 is 2.71 bits per heavy atom. The lowest BCUT2D eigenvalue weighted by molar-refractivity contribution is -0.127. The minimum absolute atomic E-state index is 0.250. The van der Waals surface area contributed by atoms with E-state index in [0.717, 1.165) is 24.1 Å². The molecule has 3 aromatic heterocycles. The lowest BCUT2D eigenvalue weighted by Gasteiger charge is -2.41. The molecule has 1 fully saturated rings. The van der Waals surface area contributed by atoms with Crippen LogP contribution in [0.15, 0.2) is 36.7 Å². The Balaban J connectivity index is 1.35. The molecule has 3 heterocycles. The predicted octanol–water partition coefficient (Wildman–Crippen LogP) is 2.38. The van der Waals surface area contributed by atoms with Crippen molar-refractivity contribution >= 4 is 23.1 Å². The van der Waals surface area contributed by atoms with Crippen molar-refractivity contribution in [2.45, 2.75) is 56.7 Å². The van der Waals surface area contributed by atoms with Gasteiger partial charge < -0.3 is 21.5 Å². The molecule has 9 nitrogen and oxygen atoms in total. The van der Waals surface area contributed by atoms with E-state index in [1.54, 1.807) is 18.5 Å². The molecule has 1 amide bonds. The second-order valence-electron chi connectivity index (χ2n) is 9.11. The van der Waals surface area contributed by atoms with Crippen LogP contribution in [0, 0.1) is 5.82 Å². The zero-order valence-corrected chi connectivity index (χ0v) is 19.9. The van der Waals surface area contributed by atoms with Crippen molar-refractivity contribution in [3.05, 3.63) is 53.0 Å². The maximum Gasteiger partial charge on any atom is 0.240 e. The number of pyridine rings is 1. The summed E-state index contributed by atoms with van der Waals surface area (Å²) in [7, 11) is 0. The number of halogens is 1. The van der Waals surface area contributed by atoms with Gasteiger partial charge in [0.1, 0.15) is 28.4 Å². The molecule has 1 aliphatic rings. The minimum atomic E-state index is -1.31. The van der Waals surface area contributed by atoms with Crippen molar-refractivity contribution in [1.29, 1.82) is 0 Å². The summed E-state index contributed by atoms with van der Waals surface area (Å²) in [5.41, 5.74) is 5.23. The number of amides is 1. The fraction of sp³-hybridized carbons (Fsp3) is 0.435. The van der Waals surface area contributed by atoms with E-state index in [0.29, 0.717) is 28.8 Å². The lowest BCUT2D eigenvalue weighted by Crippen LogP contribution is -2.53. The maximum atomic E-state index is 14.3. The van der Waals surface area contributed by atoms with Gasteiger partial charge in [-0.05, 0) is 51.0 Å². The van der Waals surface area contributed by atoms with E-state index >= 15 is 0 Å². The predicted molar refractivity (Wildman–Crippen MR) is 127 cm³/mol. The Kier molecular flexibility index (Phi) is 6.87. The zero-order chi connectivity index (χ0) is 24.3. The standard InChI is InChI=1S/C23H28FN7O2S/c1-22(2,33)18(25)20(32)27-11-14-12-28-21(34-14)16-6-7-17(31-30-16)29-13-23(8-4-9-23)19-15(24)5-3-10-26-19/h3,5-7,10,12,18,33H,4,8-9,11,13,25H2,1-2H3,(H,27,32)(H,29,31). The molecular formula is C23H28FN7O2S. The summed E-state index contributed by atoms with van der Waals surface area (Å²) in [6.07, 6.45) is 6.07. The van der Waals surface area contributed by atoms with Crippen molar-refractivity contribution in [2.75, 3.05) is 11.9 Å². The van der Waals surface area contributed by atoms with Crippen LogP contribution in [0.2, 0.25) is 0 Å². The van der Waals surface area contributed by atoms with Gasteiger partial charge in [0.25, 0.3) is 0 Å². The van der Waals surface area contributed by atoms with E-state index in [1.807, 2.05) is 12.1 Å². The number of carbonyl (C=O) groups is 1. The number of aliphatic hydroxyl groups is 1. The first-order valence-electron chi connectivity index (χ1n) is 11.1. The molecule has 180 valence electrons. The fourth-order valence-corrected chi connectivity index (χ4v) is 4.61. The van der Waals surface area contributed by atoms with Crippen LogP contribution in [0.4, 0.5) is 10.2 Å². The highest BCUT2D eigenvalue weighted by Crippen LogP contribution is 2.43. The number of nitrogens with two attached hydrogens (primary N) is 1. The average Bonchev–Trinajstić information content (AvgIpc) is 3.26. The van der Waals surface area contributed by atoms with Gasteiger partial charge in [0.2, 0.25) is 5.91 Å². The molecule has 0 bridgehead atoms. The number of hydrogen-bond donors (Lipinski definition) is 4. The van der Waals surface area contributed by atoms with Gasteiger partial charge in [-0.3, -0.25) is 9.78 Å². The molecule has 3 aromatic rings. The highest BCUT2D eigenvalue weighted by Gasteiger charge is 2.41. The van der Waals surface area contributed by atoms with Crippen molar-refractivity contribution in [3.8, 4) is 10.7 Å². The number of nitrogens with zero attached hydrogens (tertiary/aromatic N) is 4. The molecule has 11 heteroatoms. The SMILES string of the molecule is CC(C)(O)C(N)C(=O)NCc1cnc(-c2ccc(NCC3(c4ncccc4F)CCC3)nn2)s1. The van der Waals surface area contributed by atoms with Crippen molar-refractivity contribution < 1.29 is 14.3 Å². The first kappa shape index (κ1) is 24.1. The number of aromatic nitrogens is 4. The van der Waals surface area contributed by atoms with Crippen LogP contribution in [0.5, 0.6) is 0 Å². The molecule has 4 rings (SSSR count). The molecule has 0 saturated heterocycles. The Morgan fingerprint density at radius 2 is 2.09 bits per heavy atom. The van der Waals surface area contributed by atoms with E-state index in [2.05, 4.69) is 30.8 Å². The molecule has 34 heavy (non-hydrogen) atoms. The summed E-state index contributed by atoms with van der Waals surface area (Å²) < 4.78 is 14.3. The number of nitrogens with one attached hydrogen (secondary N) is 2. The number of rotatable bonds is 9. The van der Waals surface area contributed by atoms with Crippen LogP contribution in [0.3, 0.4) is 0 Å². The lowest BCUT2D eigenvalue weighted by atomic mass is 9.66. The van der Waals surface area contributed by atoms with Crippen molar-refractivity contribution in [2.24, 2.45) is 5.73 Å². The Morgan fingerprint density at radius 1 is 1.29 bits per heavy atom. The molecule has 0 aromatic carbocycles. The quantitative estimate of drug-likeness (QED) is 0.362. The first-order valence-corrected chi connectivity index (χ1v) is 11.9. The number of hydrogen-bond acceptors (Lipinski definition) is 9. The van der Waals surface area contributed by atoms with E-state index < -0.39 is 17.6 Å². The average molecular weight is 486 g/mol. The van der Waals surface area contributed by atoms with Crippen molar-refractivity contribution in [3.63, 3.8) is 0 Å². The summed E-state index contributed by atoms with van der Waals surface area (Å²) in [6, 6.07) is 5.65. The van der Waals surface area contributed by atoms with Crippen LogP contribution >= 0.6 is 11.3 Å². The maximum absolute atomic E-state index is 14.3. The summed E-state index contributed by atoms with van der Waals surface area (Å²) in [6.45, 7) is 3.76. The van der Waals surface area contributed by atoms with Crippen LogP contribution in [0.25, 0.3) is 10.7 Å². The summed E-state index contributed by atoms with van der Waals surface area (Å²) in [5.74, 6) is -0.119. The third-order valence-corrected chi connectivity index (χ3v) is 7.12. The highest BCUT2D eigenvalue weighted by atomic mass is 32.1. The summed E-state index contributed by atoms with van der Waals surface area (Å²) in [4.78, 5) is 21.5. The Labute approximate surface area is 201 Å². The van der Waals surface area contributed by atoms with Gasteiger partial charge in [-0.25, -0.2) is 9.37 Å². The van der Waals surface area contributed by atoms with Crippen LogP contribution in [-0.2, 0) is 16.8 Å². The van der Waals surface area contributed by atoms with Gasteiger partial charge in [-0.2, -0.15) is 0 Å². The van der Waals surface area contributed by atoms with Crippen LogP contribution in [-0.4, -0.2) is 49.4 Å². The smallest absolute Gasteiger partial charge is 0.240 e. The number of carbonyl (C=O) groups excluding carboxylic acids is 1. The fourth-order valence-electron chi connectivity index (χ4n) is 3.79. The molecule has 1 atom stereocenters. The summed E-state index contributed by atoms with van der Waals surface area (Å²) in [5, 5.41) is 25.0. The summed E-state index contributed by atoms with van der Waals surface area (Å²) >= 11 is 1.38. The van der Waals surface area contributed by atoms with Gasteiger partial charge in [0.15, 0.2) is 0 Å². The molecule has 1 saturated carbocycles. The molecular weight excluding hydrogens is 457 g/mol. The number of thiazole rings is 1. The van der Waals surface area contributed by atoms with Crippen molar-refractivity contribution in [1.82, 2.24) is 25.5 Å². The van der Waals surface area contributed by atoms with Gasteiger partial charge in [-0.15, -0.1) is 21.5 Å². The largest absolute Gasteiger partial charge is 0.388 e. The topological polar surface area (TPSA) is 139 Å². The molecule has 0 aliphatic heterocycles. The molecule has 0 radical (unpaired) electrons. The van der Waals surface area contributed by atoms with Gasteiger partial charge >= 0.3 is 0 Å². The first-order chi connectivity index (χ1) is 16.2. The van der Waals surface area contributed by atoms with Gasteiger partial charge in [0.05, 0.1) is 17.8 Å². The Hall–Kier alpha value is -3.02. The van der Waals surface area contributed by atoms with E-state index in [4.69, 9.17) is 5.73 Å². The van der Waals surface area contributed by atoms with Gasteiger partial charge in [0, 0.05) is 29.2 Å². The third-order valence-electron chi connectivity index (χ3n) is 6.10. The van der Waals surface area contributed by atoms with E-state index in [-0.39, 0.29) is 17.8 Å². The monoisotopic (exact) mass is 485 g/mol. The molecule has 5 N–H and O–H groups in total. The van der Waals surface area contributed by atoms with Gasteiger partial charge in [-0.1, -0.05) is 6.42 Å².